The van der Waals surface area contributed by atoms with Gasteiger partial charge >= 0.3 is 0 Å². The van der Waals surface area contributed by atoms with Gasteiger partial charge in [0, 0.05) is 25.1 Å². The number of carbonyl (C=O) groups excluding carboxylic acids is 2. The molecule has 0 heterocycles. The Bertz CT molecular complexity index is 462. The zero-order valence-corrected chi connectivity index (χ0v) is 11.9. The first-order valence-corrected chi connectivity index (χ1v) is 7.29. The number of hydrogen-bond acceptors (Lipinski definition) is 2. The van der Waals surface area contributed by atoms with E-state index in [0.29, 0.717) is 18.2 Å². The molecule has 0 atom stereocenters. The standard InChI is InChI=1S/C16H22N2O2/c1-12(19)17-11-13-7-9-14(10-8-13)16(20)18-15-5-3-2-4-6-15/h7-10,15H,2-6,11H2,1H3,(H,17,19)(H,18,20). The molecule has 0 spiro atoms. The Labute approximate surface area is 119 Å². The Morgan fingerprint density at radius 1 is 1.10 bits per heavy atom. The molecule has 1 aromatic rings. The number of carbonyl (C=O) groups is 2. The maximum atomic E-state index is 12.1. The first-order valence-electron chi connectivity index (χ1n) is 7.29. The molecule has 1 aliphatic carbocycles. The van der Waals surface area contributed by atoms with Crippen LogP contribution in [-0.4, -0.2) is 17.9 Å². The van der Waals surface area contributed by atoms with E-state index >= 15 is 0 Å². The largest absolute Gasteiger partial charge is 0.352 e. The summed E-state index contributed by atoms with van der Waals surface area (Å²) >= 11 is 0. The molecule has 1 fully saturated rings. The van der Waals surface area contributed by atoms with Crippen molar-refractivity contribution in [3.8, 4) is 0 Å². The highest BCUT2D eigenvalue weighted by atomic mass is 16.2. The van der Waals surface area contributed by atoms with Gasteiger partial charge in [0.05, 0.1) is 0 Å². The van der Waals surface area contributed by atoms with E-state index in [2.05, 4.69) is 10.6 Å². The molecule has 0 radical (unpaired) electrons. The summed E-state index contributed by atoms with van der Waals surface area (Å²) < 4.78 is 0. The molecule has 20 heavy (non-hydrogen) atoms. The fourth-order valence-corrected chi connectivity index (χ4v) is 2.52. The van der Waals surface area contributed by atoms with E-state index in [1.54, 1.807) is 0 Å². The molecule has 1 aromatic carbocycles. The Kier molecular flexibility index (Phi) is 5.16. The van der Waals surface area contributed by atoms with Gasteiger partial charge in [-0.3, -0.25) is 9.59 Å². The van der Waals surface area contributed by atoms with E-state index < -0.39 is 0 Å². The van der Waals surface area contributed by atoms with Crippen molar-refractivity contribution in [3.63, 3.8) is 0 Å². The Morgan fingerprint density at radius 2 is 1.75 bits per heavy atom. The van der Waals surface area contributed by atoms with Crippen LogP contribution in [0.5, 0.6) is 0 Å². The summed E-state index contributed by atoms with van der Waals surface area (Å²) in [6, 6.07) is 7.72. The van der Waals surface area contributed by atoms with E-state index in [1.165, 1.54) is 26.2 Å². The summed E-state index contributed by atoms with van der Waals surface area (Å²) in [4.78, 5) is 22.9. The lowest BCUT2D eigenvalue weighted by Crippen LogP contribution is -2.36. The van der Waals surface area contributed by atoms with Gasteiger partial charge in [0.25, 0.3) is 5.91 Å². The molecule has 0 bridgehead atoms. The first kappa shape index (κ1) is 14.6. The number of amides is 2. The molecule has 4 nitrogen and oxygen atoms in total. The van der Waals surface area contributed by atoms with Crippen molar-refractivity contribution in [1.82, 2.24) is 10.6 Å². The lowest BCUT2D eigenvalue weighted by atomic mass is 9.95. The predicted octanol–water partition coefficient (Wildman–Crippen LogP) is 2.39. The van der Waals surface area contributed by atoms with Crippen molar-refractivity contribution in [2.45, 2.75) is 51.6 Å². The number of hydrogen-bond donors (Lipinski definition) is 2. The highest BCUT2D eigenvalue weighted by Gasteiger charge is 2.16. The lowest BCUT2D eigenvalue weighted by Gasteiger charge is -2.22. The fourth-order valence-electron chi connectivity index (χ4n) is 2.52. The fraction of sp³-hybridized carbons (Fsp3) is 0.500. The molecular weight excluding hydrogens is 252 g/mol. The van der Waals surface area contributed by atoms with Crippen molar-refractivity contribution in [2.75, 3.05) is 0 Å². The third-order valence-corrected chi connectivity index (χ3v) is 3.70. The molecular formula is C16H22N2O2. The minimum atomic E-state index is -0.0517. The number of nitrogens with one attached hydrogen (secondary N) is 2. The molecule has 0 saturated heterocycles. The molecule has 0 aromatic heterocycles. The molecule has 1 saturated carbocycles. The van der Waals surface area contributed by atoms with E-state index in [-0.39, 0.29) is 11.8 Å². The van der Waals surface area contributed by atoms with E-state index in [9.17, 15) is 9.59 Å². The van der Waals surface area contributed by atoms with Crippen molar-refractivity contribution in [3.05, 3.63) is 35.4 Å². The van der Waals surface area contributed by atoms with Crippen LogP contribution in [0.25, 0.3) is 0 Å². The lowest BCUT2D eigenvalue weighted by molar-refractivity contribution is -0.119. The Morgan fingerprint density at radius 3 is 2.35 bits per heavy atom. The van der Waals surface area contributed by atoms with Crippen LogP contribution < -0.4 is 10.6 Å². The Hall–Kier alpha value is -1.84. The van der Waals surface area contributed by atoms with Crippen LogP contribution in [0.1, 0.15) is 54.9 Å². The van der Waals surface area contributed by atoms with Gasteiger partial charge in [-0.15, -0.1) is 0 Å². The average Bonchev–Trinajstić information content (AvgIpc) is 2.46. The average molecular weight is 274 g/mol. The SMILES string of the molecule is CC(=O)NCc1ccc(C(=O)NC2CCCCC2)cc1. The van der Waals surface area contributed by atoms with Crippen LogP contribution in [-0.2, 0) is 11.3 Å². The molecule has 2 rings (SSSR count). The summed E-state index contributed by atoms with van der Waals surface area (Å²) in [5.41, 5.74) is 1.68. The zero-order valence-electron chi connectivity index (χ0n) is 11.9. The van der Waals surface area contributed by atoms with E-state index in [1.807, 2.05) is 24.3 Å². The Balaban J connectivity index is 1.88. The van der Waals surface area contributed by atoms with Gasteiger partial charge in [-0.2, -0.15) is 0 Å². The van der Waals surface area contributed by atoms with Crippen LogP contribution in [0, 0.1) is 0 Å². The van der Waals surface area contributed by atoms with Crippen molar-refractivity contribution in [1.29, 1.82) is 0 Å². The maximum absolute atomic E-state index is 12.1. The topological polar surface area (TPSA) is 58.2 Å². The van der Waals surface area contributed by atoms with Gasteiger partial charge in [-0.05, 0) is 30.5 Å². The van der Waals surface area contributed by atoms with Crippen LogP contribution in [0.15, 0.2) is 24.3 Å². The minimum absolute atomic E-state index is 0.00276. The summed E-state index contributed by atoms with van der Waals surface area (Å²) in [5.74, 6) is -0.0490. The monoisotopic (exact) mass is 274 g/mol. The van der Waals surface area contributed by atoms with Gasteiger partial charge < -0.3 is 10.6 Å². The van der Waals surface area contributed by atoms with Crippen molar-refractivity contribution >= 4 is 11.8 Å². The molecule has 108 valence electrons. The van der Waals surface area contributed by atoms with Crippen LogP contribution in [0.2, 0.25) is 0 Å². The minimum Gasteiger partial charge on any atom is -0.352 e. The van der Waals surface area contributed by atoms with Gasteiger partial charge in [-0.1, -0.05) is 31.4 Å². The number of benzene rings is 1. The number of rotatable bonds is 4. The molecule has 2 amide bonds. The third-order valence-electron chi connectivity index (χ3n) is 3.70. The molecule has 1 aliphatic rings. The second-order valence-electron chi connectivity index (χ2n) is 5.42. The molecule has 0 aliphatic heterocycles. The summed E-state index contributed by atoms with van der Waals surface area (Å²) in [6.07, 6.45) is 5.88. The molecule has 0 unspecified atom stereocenters. The van der Waals surface area contributed by atoms with Crippen molar-refractivity contribution in [2.24, 2.45) is 0 Å². The summed E-state index contributed by atoms with van der Waals surface area (Å²) in [5, 5.41) is 5.83. The summed E-state index contributed by atoms with van der Waals surface area (Å²) in [7, 11) is 0. The normalized spacial score (nSPS) is 15.7. The smallest absolute Gasteiger partial charge is 0.251 e. The maximum Gasteiger partial charge on any atom is 0.251 e. The second-order valence-corrected chi connectivity index (χ2v) is 5.42. The van der Waals surface area contributed by atoms with E-state index in [4.69, 9.17) is 0 Å². The zero-order chi connectivity index (χ0) is 14.4. The van der Waals surface area contributed by atoms with Crippen LogP contribution in [0.3, 0.4) is 0 Å². The van der Waals surface area contributed by atoms with Gasteiger partial charge in [0.2, 0.25) is 5.91 Å². The predicted molar refractivity (Wildman–Crippen MR) is 78.3 cm³/mol. The molecule has 2 N–H and O–H groups in total. The van der Waals surface area contributed by atoms with Gasteiger partial charge in [-0.25, -0.2) is 0 Å². The molecule has 4 heteroatoms. The first-order chi connectivity index (χ1) is 9.65. The van der Waals surface area contributed by atoms with Crippen LogP contribution in [0.4, 0.5) is 0 Å². The van der Waals surface area contributed by atoms with Gasteiger partial charge in [0.1, 0.15) is 0 Å². The highest BCUT2D eigenvalue weighted by molar-refractivity contribution is 5.94. The highest BCUT2D eigenvalue weighted by Crippen LogP contribution is 2.17. The third kappa shape index (κ3) is 4.37. The second kappa shape index (κ2) is 7.08. The quantitative estimate of drug-likeness (QED) is 0.885. The summed E-state index contributed by atoms with van der Waals surface area (Å²) in [6.45, 7) is 1.99. The van der Waals surface area contributed by atoms with Crippen LogP contribution >= 0.6 is 0 Å². The van der Waals surface area contributed by atoms with Gasteiger partial charge in [0.15, 0.2) is 0 Å². The van der Waals surface area contributed by atoms with E-state index in [0.717, 1.165) is 18.4 Å². The van der Waals surface area contributed by atoms with Crippen molar-refractivity contribution < 1.29 is 9.59 Å².